The van der Waals surface area contributed by atoms with Crippen molar-refractivity contribution in [1.82, 2.24) is 9.78 Å². The van der Waals surface area contributed by atoms with Gasteiger partial charge in [0.15, 0.2) is 0 Å². The van der Waals surface area contributed by atoms with E-state index >= 15 is 0 Å². The van der Waals surface area contributed by atoms with Crippen LogP contribution in [0.4, 0.5) is 5.82 Å². The van der Waals surface area contributed by atoms with Gasteiger partial charge in [0.1, 0.15) is 17.3 Å². The van der Waals surface area contributed by atoms with E-state index in [0.717, 1.165) is 27.0 Å². The van der Waals surface area contributed by atoms with Crippen LogP contribution in [0.3, 0.4) is 0 Å². The minimum atomic E-state index is -0.00580. The molecule has 0 radical (unpaired) electrons. The number of aromatic nitrogens is 2. The normalized spacial score (nSPS) is 11.7. The zero-order valence-corrected chi connectivity index (χ0v) is 14.1. The number of aryl methyl sites for hydroxylation is 1. The van der Waals surface area contributed by atoms with E-state index in [9.17, 15) is 0 Å². The summed E-state index contributed by atoms with van der Waals surface area (Å²) in [5, 5.41) is 4.46. The lowest BCUT2D eigenvalue weighted by molar-refractivity contribution is 0.397. The molecule has 2 aromatic rings. The Labute approximate surface area is 128 Å². The van der Waals surface area contributed by atoms with Gasteiger partial charge in [-0.15, -0.1) is 0 Å². The quantitative estimate of drug-likeness (QED) is 0.908. The lowest BCUT2D eigenvalue weighted by atomic mass is 9.85. The highest BCUT2D eigenvalue weighted by atomic mass is 79.9. The number of ether oxygens (including phenoxy) is 1. The van der Waals surface area contributed by atoms with Gasteiger partial charge in [0.2, 0.25) is 0 Å². The number of nitrogens with two attached hydrogens (primary N) is 1. The minimum absolute atomic E-state index is 0.00580. The van der Waals surface area contributed by atoms with Crippen molar-refractivity contribution >= 4 is 21.7 Å². The van der Waals surface area contributed by atoms with Gasteiger partial charge in [-0.1, -0.05) is 20.8 Å². The van der Waals surface area contributed by atoms with Crippen molar-refractivity contribution in [2.24, 2.45) is 7.05 Å². The average molecular weight is 338 g/mol. The van der Waals surface area contributed by atoms with E-state index in [4.69, 9.17) is 10.5 Å². The maximum atomic E-state index is 5.95. The predicted molar refractivity (Wildman–Crippen MR) is 86.0 cm³/mol. The van der Waals surface area contributed by atoms with E-state index in [2.05, 4.69) is 47.9 Å². The fraction of sp³-hybridized carbons (Fsp3) is 0.400. The third-order valence-electron chi connectivity index (χ3n) is 3.31. The van der Waals surface area contributed by atoms with E-state index in [1.54, 1.807) is 11.8 Å². The Kier molecular flexibility index (Phi) is 3.82. The van der Waals surface area contributed by atoms with Gasteiger partial charge in [-0.25, -0.2) is 0 Å². The topological polar surface area (TPSA) is 53.1 Å². The van der Waals surface area contributed by atoms with Crippen LogP contribution in [0.2, 0.25) is 0 Å². The summed E-state index contributed by atoms with van der Waals surface area (Å²) in [5.41, 5.74) is 8.96. The van der Waals surface area contributed by atoms with E-state index in [0.29, 0.717) is 5.82 Å². The van der Waals surface area contributed by atoms with E-state index in [1.165, 1.54) is 0 Å². The third-order valence-corrected chi connectivity index (χ3v) is 4.09. The Bertz CT molecular complexity index is 641. The van der Waals surface area contributed by atoms with Gasteiger partial charge in [0.05, 0.1) is 11.6 Å². The van der Waals surface area contributed by atoms with Crippen LogP contribution in [0.25, 0.3) is 11.3 Å². The molecule has 0 aliphatic rings. The lowest BCUT2D eigenvalue weighted by Gasteiger charge is -2.22. The summed E-state index contributed by atoms with van der Waals surface area (Å²) in [5.74, 6) is 1.51. The van der Waals surface area contributed by atoms with Crippen LogP contribution in [0.15, 0.2) is 22.7 Å². The number of rotatable bonds is 2. The minimum Gasteiger partial charge on any atom is -0.496 e. The summed E-state index contributed by atoms with van der Waals surface area (Å²) in [6.07, 6.45) is 0. The van der Waals surface area contributed by atoms with Gasteiger partial charge in [-0.2, -0.15) is 5.10 Å². The van der Waals surface area contributed by atoms with Crippen molar-refractivity contribution in [3.8, 4) is 17.0 Å². The smallest absolute Gasteiger partial charge is 0.136 e. The molecule has 0 aliphatic carbocycles. The maximum absolute atomic E-state index is 5.95. The van der Waals surface area contributed by atoms with Crippen LogP contribution in [0.5, 0.6) is 5.75 Å². The second-order valence-corrected chi connectivity index (χ2v) is 6.63. The number of methoxy groups -OCH3 is 1. The monoisotopic (exact) mass is 337 g/mol. The van der Waals surface area contributed by atoms with Gasteiger partial charge in [-0.3, -0.25) is 4.68 Å². The van der Waals surface area contributed by atoms with E-state index in [-0.39, 0.29) is 5.41 Å². The number of nitrogen functional groups attached to an aromatic ring is 1. The second kappa shape index (κ2) is 5.13. The molecule has 0 aliphatic heterocycles. The molecule has 0 bridgehead atoms. The summed E-state index contributed by atoms with van der Waals surface area (Å²) in [4.78, 5) is 0. The van der Waals surface area contributed by atoms with Gasteiger partial charge in [0.25, 0.3) is 0 Å². The largest absolute Gasteiger partial charge is 0.496 e. The molecule has 5 heteroatoms. The van der Waals surface area contributed by atoms with E-state index < -0.39 is 0 Å². The molecule has 0 atom stereocenters. The highest BCUT2D eigenvalue weighted by Gasteiger charge is 2.21. The molecule has 0 unspecified atom stereocenters. The zero-order valence-electron chi connectivity index (χ0n) is 12.5. The van der Waals surface area contributed by atoms with Crippen LogP contribution in [-0.2, 0) is 12.5 Å². The standard InChI is InChI=1S/C15H20BrN3O/c1-15(2,3)10-8-9(6-7-11(10)20-5)13-12(16)14(17)19(4)18-13/h6-8H,17H2,1-5H3. The Balaban J connectivity index is 2.62. The molecular formula is C15H20BrN3O. The molecule has 0 saturated carbocycles. The second-order valence-electron chi connectivity index (χ2n) is 5.84. The van der Waals surface area contributed by atoms with Gasteiger partial charge >= 0.3 is 0 Å². The molecule has 108 valence electrons. The number of anilines is 1. The Hall–Kier alpha value is -1.49. The molecule has 20 heavy (non-hydrogen) atoms. The third kappa shape index (κ3) is 2.54. The van der Waals surface area contributed by atoms with Crippen LogP contribution in [0.1, 0.15) is 26.3 Å². The first-order valence-electron chi connectivity index (χ1n) is 6.42. The first kappa shape index (κ1) is 14.9. The first-order valence-corrected chi connectivity index (χ1v) is 7.22. The van der Waals surface area contributed by atoms with Gasteiger partial charge in [-0.05, 0) is 39.5 Å². The molecule has 2 rings (SSSR count). The zero-order chi connectivity index (χ0) is 15.1. The summed E-state index contributed by atoms with van der Waals surface area (Å²) in [6, 6.07) is 6.10. The Morgan fingerprint density at radius 2 is 1.95 bits per heavy atom. The first-order chi connectivity index (χ1) is 9.25. The summed E-state index contributed by atoms with van der Waals surface area (Å²) in [7, 11) is 3.52. The highest BCUT2D eigenvalue weighted by Crippen LogP contribution is 2.37. The number of benzene rings is 1. The number of hydrogen-bond donors (Lipinski definition) is 1. The fourth-order valence-corrected chi connectivity index (χ4v) is 2.70. The summed E-state index contributed by atoms with van der Waals surface area (Å²) >= 11 is 3.51. The van der Waals surface area contributed by atoms with Crippen LogP contribution >= 0.6 is 15.9 Å². The molecule has 0 amide bonds. The maximum Gasteiger partial charge on any atom is 0.136 e. The molecular weight excluding hydrogens is 318 g/mol. The molecule has 4 nitrogen and oxygen atoms in total. The van der Waals surface area contributed by atoms with Crippen molar-refractivity contribution in [1.29, 1.82) is 0 Å². The molecule has 0 fully saturated rings. The Morgan fingerprint density at radius 3 is 2.40 bits per heavy atom. The van der Waals surface area contributed by atoms with Crippen molar-refractivity contribution in [3.63, 3.8) is 0 Å². The molecule has 0 saturated heterocycles. The molecule has 1 aromatic heterocycles. The average Bonchev–Trinajstić information content (AvgIpc) is 2.65. The summed E-state index contributed by atoms with van der Waals surface area (Å²) < 4.78 is 7.95. The van der Waals surface area contributed by atoms with Crippen LogP contribution < -0.4 is 10.5 Å². The lowest BCUT2D eigenvalue weighted by Crippen LogP contribution is -2.13. The predicted octanol–water partition coefficient (Wildman–Crippen LogP) is 3.74. The number of hydrogen-bond acceptors (Lipinski definition) is 3. The highest BCUT2D eigenvalue weighted by molar-refractivity contribution is 9.10. The fourth-order valence-electron chi connectivity index (χ4n) is 2.14. The van der Waals surface area contributed by atoms with Crippen molar-refractivity contribution < 1.29 is 4.74 Å². The van der Waals surface area contributed by atoms with Gasteiger partial charge in [0, 0.05) is 18.2 Å². The Morgan fingerprint density at radius 1 is 1.30 bits per heavy atom. The van der Waals surface area contributed by atoms with Gasteiger partial charge < -0.3 is 10.5 Å². The van der Waals surface area contributed by atoms with Crippen LogP contribution in [-0.4, -0.2) is 16.9 Å². The van der Waals surface area contributed by atoms with E-state index in [1.807, 2.05) is 19.2 Å². The van der Waals surface area contributed by atoms with Crippen molar-refractivity contribution in [2.75, 3.05) is 12.8 Å². The summed E-state index contributed by atoms with van der Waals surface area (Å²) in [6.45, 7) is 6.49. The molecule has 2 N–H and O–H groups in total. The molecule has 1 heterocycles. The SMILES string of the molecule is COc1ccc(-c2nn(C)c(N)c2Br)cc1C(C)(C)C. The van der Waals surface area contributed by atoms with Crippen molar-refractivity contribution in [3.05, 3.63) is 28.2 Å². The number of nitrogens with zero attached hydrogens (tertiary/aromatic N) is 2. The number of halogens is 1. The van der Waals surface area contributed by atoms with Crippen molar-refractivity contribution in [2.45, 2.75) is 26.2 Å². The molecule has 0 spiro atoms. The molecule has 1 aromatic carbocycles. The van der Waals surface area contributed by atoms with Crippen LogP contribution in [0, 0.1) is 0 Å².